The summed E-state index contributed by atoms with van der Waals surface area (Å²) in [5, 5.41) is 2.57. The highest BCUT2D eigenvalue weighted by Crippen LogP contribution is 2.29. The van der Waals surface area contributed by atoms with Crippen LogP contribution < -0.4 is 20.5 Å². The number of nitrogen functional groups attached to an aromatic ring is 1. The van der Waals surface area contributed by atoms with Crippen LogP contribution >= 0.6 is 0 Å². The zero-order valence-corrected chi connectivity index (χ0v) is 12.1. The molecule has 1 aromatic rings. The first-order valence-corrected chi connectivity index (χ1v) is 7.55. The minimum Gasteiger partial charge on any atom is -0.495 e. The second-order valence-electron chi connectivity index (χ2n) is 4.69. The number of carbonyl (C=O) groups is 1. The van der Waals surface area contributed by atoms with Crippen LogP contribution in [0, 0.1) is 6.92 Å². The number of carbonyl (C=O) groups excluding carboxylic acids is 1. The highest BCUT2D eigenvalue weighted by molar-refractivity contribution is 7.89. The summed E-state index contributed by atoms with van der Waals surface area (Å²) in [5.41, 5.74) is 6.86. The lowest BCUT2D eigenvalue weighted by Crippen LogP contribution is -2.36. The molecule has 20 heavy (non-hydrogen) atoms. The van der Waals surface area contributed by atoms with Crippen LogP contribution in [0.3, 0.4) is 0 Å². The number of aryl methyl sites for hydroxylation is 1. The first-order valence-electron chi connectivity index (χ1n) is 6.06. The molecule has 1 unspecified atom stereocenters. The minimum absolute atomic E-state index is 0.0255. The Morgan fingerprint density at radius 1 is 1.45 bits per heavy atom. The molecule has 8 heteroatoms. The molecule has 1 aliphatic heterocycles. The van der Waals surface area contributed by atoms with E-state index in [0.29, 0.717) is 5.69 Å². The topological polar surface area (TPSA) is 111 Å². The summed E-state index contributed by atoms with van der Waals surface area (Å²) in [6.45, 7) is 2.04. The van der Waals surface area contributed by atoms with Crippen LogP contribution in [-0.4, -0.2) is 34.0 Å². The summed E-state index contributed by atoms with van der Waals surface area (Å²) >= 11 is 0. The first-order chi connectivity index (χ1) is 9.33. The molecular weight excluding hydrogens is 282 g/mol. The lowest BCUT2D eigenvalue weighted by Gasteiger charge is -2.15. The Balaban J connectivity index is 2.33. The average molecular weight is 299 g/mol. The summed E-state index contributed by atoms with van der Waals surface area (Å²) < 4.78 is 32.3. The Kier molecular flexibility index (Phi) is 3.87. The number of ether oxygens (including phenoxy) is 1. The van der Waals surface area contributed by atoms with Gasteiger partial charge < -0.3 is 15.8 Å². The molecular formula is C12H17N3O4S. The molecule has 1 amide bonds. The van der Waals surface area contributed by atoms with Gasteiger partial charge in [-0.3, -0.25) is 4.79 Å². The third-order valence-corrected chi connectivity index (χ3v) is 4.68. The predicted octanol–water partition coefficient (Wildman–Crippen LogP) is -0.247. The third kappa shape index (κ3) is 2.86. The molecule has 1 aromatic carbocycles. The van der Waals surface area contributed by atoms with E-state index >= 15 is 0 Å². The molecule has 110 valence electrons. The summed E-state index contributed by atoms with van der Waals surface area (Å²) in [6, 6.07) is 2.47. The van der Waals surface area contributed by atoms with Crippen LogP contribution in [0.1, 0.15) is 12.0 Å². The first kappa shape index (κ1) is 14.6. The van der Waals surface area contributed by atoms with E-state index in [4.69, 9.17) is 10.5 Å². The molecule has 1 atom stereocenters. The summed E-state index contributed by atoms with van der Waals surface area (Å²) in [7, 11) is -2.40. The zero-order valence-electron chi connectivity index (χ0n) is 11.3. The van der Waals surface area contributed by atoms with Crippen molar-refractivity contribution in [3.8, 4) is 5.75 Å². The second-order valence-corrected chi connectivity index (χ2v) is 6.37. The van der Waals surface area contributed by atoms with Gasteiger partial charge in [0.15, 0.2) is 0 Å². The maximum absolute atomic E-state index is 12.4. The number of benzene rings is 1. The van der Waals surface area contributed by atoms with Gasteiger partial charge in [-0.25, -0.2) is 13.1 Å². The van der Waals surface area contributed by atoms with E-state index in [-0.39, 0.29) is 29.5 Å². The summed E-state index contributed by atoms with van der Waals surface area (Å²) in [6.07, 6.45) is 0.128. The van der Waals surface area contributed by atoms with E-state index in [0.717, 1.165) is 5.56 Å². The number of amides is 1. The molecule has 0 saturated carbocycles. The number of hydrogen-bond acceptors (Lipinski definition) is 5. The smallest absolute Gasteiger partial charge is 0.244 e. The fourth-order valence-electron chi connectivity index (χ4n) is 2.02. The van der Waals surface area contributed by atoms with Crippen molar-refractivity contribution in [3.05, 3.63) is 17.7 Å². The quantitative estimate of drug-likeness (QED) is 0.664. The minimum atomic E-state index is -3.80. The SMILES string of the molecule is COc1cc(C)c(N)cc1S(=O)(=O)NC1CNC(=O)C1. The summed E-state index contributed by atoms with van der Waals surface area (Å²) in [5.74, 6) is 0.0505. The molecule has 1 heterocycles. The van der Waals surface area contributed by atoms with Crippen LogP contribution in [0.15, 0.2) is 17.0 Å². The lowest BCUT2D eigenvalue weighted by molar-refractivity contribution is -0.119. The summed E-state index contributed by atoms with van der Waals surface area (Å²) in [4.78, 5) is 11.1. The second kappa shape index (κ2) is 5.29. The number of sulfonamides is 1. The highest BCUT2D eigenvalue weighted by Gasteiger charge is 2.29. The van der Waals surface area contributed by atoms with E-state index in [1.165, 1.54) is 13.2 Å². The van der Waals surface area contributed by atoms with Gasteiger partial charge in [0, 0.05) is 24.7 Å². The van der Waals surface area contributed by atoms with Crippen molar-refractivity contribution in [2.24, 2.45) is 0 Å². The Labute approximate surface area is 117 Å². The average Bonchev–Trinajstić information content (AvgIpc) is 2.76. The molecule has 0 spiro atoms. The predicted molar refractivity (Wildman–Crippen MR) is 73.9 cm³/mol. The fourth-order valence-corrected chi connectivity index (χ4v) is 3.44. The number of methoxy groups -OCH3 is 1. The number of anilines is 1. The van der Waals surface area contributed by atoms with E-state index in [1.54, 1.807) is 13.0 Å². The molecule has 0 radical (unpaired) electrons. The Hall–Kier alpha value is -1.80. The molecule has 0 bridgehead atoms. The number of hydrogen-bond donors (Lipinski definition) is 3. The fraction of sp³-hybridized carbons (Fsp3) is 0.417. The number of nitrogens with two attached hydrogens (primary N) is 1. The van der Waals surface area contributed by atoms with Gasteiger partial charge in [-0.05, 0) is 24.6 Å². The van der Waals surface area contributed by atoms with Crippen molar-refractivity contribution < 1.29 is 17.9 Å². The van der Waals surface area contributed by atoms with E-state index < -0.39 is 16.1 Å². The monoisotopic (exact) mass is 299 g/mol. The van der Waals surface area contributed by atoms with Gasteiger partial charge >= 0.3 is 0 Å². The van der Waals surface area contributed by atoms with Crippen LogP contribution in [0.4, 0.5) is 5.69 Å². The molecule has 0 aliphatic carbocycles. The van der Waals surface area contributed by atoms with Crippen LogP contribution in [0.5, 0.6) is 5.75 Å². The van der Waals surface area contributed by atoms with Crippen molar-refractivity contribution in [2.45, 2.75) is 24.3 Å². The van der Waals surface area contributed by atoms with Gasteiger partial charge in [-0.1, -0.05) is 0 Å². The maximum Gasteiger partial charge on any atom is 0.244 e. The van der Waals surface area contributed by atoms with Crippen LogP contribution in [0.2, 0.25) is 0 Å². The van der Waals surface area contributed by atoms with Gasteiger partial charge in [0.05, 0.1) is 7.11 Å². The standard InChI is InChI=1S/C12H17N3O4S/c1-7-3-10(19-2)11(5-9(7)13)20(17,18)15-8-4-12(16)14-6-8/h3,5,8,15H,4,6,13H2,1-2H3,(H,14,16). The number of rotatable bonds is 4. The van der Waals surface area contributed by atoms with Crippen molar-refractivity contribution in [1.29, 1.82) is 0 Å². The highest BCUT2D eigenvalue weighted by atomic mass is 32.2. The van der Waals surface area contributed by atoms with Gasteiger partial charge in [-0.2, -0.15) is 0 Å². The van der Waals surface area contributed by atoms with E-state index in [9.17, 15) is 13.2 Å². The maximum atomic E-state index is 12.4. The van der Waals surface area contributed by atoms with E-state index in [1.807, 2.05) is 0 Å². The van der Waals surface area contributed by atoms with Gasteiger partial charge in [0.25, 0.3) is 0 Å². The normalized spacial score (nSPS) is 18.9. The molecule has 2 rings (SSSR count). The Morgan fingerprint density at radius 2 is 2.15 bits per heavy atom. The molecule has 0 aromatic heterocycles. The molecule has 1 aliphatic rings. The number of nitrogens with one attached hydrogen (secondary N) is 2. The zero-order chi connectivity index (χ0) is 14.9. The van der Waals surface area contributed by atoms with Gasteiger partial charge in [-0.15, -0.1) is 0 Å². The van der Waals surface area contributed by atoms with Crippen molar-refractivity contribution in [1.82, 2.24) is 10.0 Å². The molecule has 1 fully saturated rings. The van der Waals surface area contributed by atoms with Crippen molar-refractivity contribution in [3.63, 3.8) is 0 Å². The molecule has 4 N–H and O–H groups in total. The largest absolute Gasteiger partial charge is 0.495 e. The van der Waals surface area contributed by atoms with Gasteiger partial charge in [0.2, 0.25) is 15.9 Å². The van der Waals surface area contributed by atoms with Crippen LogP contribution in [-0.2, 0) is 14.8 Å². The van der Waals surface area contributed by atoms with Crippen molar-refractivity contribution in [2.75, 3.05) is 19.4 Å². The van der Waals surface area contributed by atoms with Crippen LogP contribution in [0.25, 0.3) is 0 Å². The Bertz CT molecular complexity index is 642. The molecule has 1 saturated heterocycles. The Morgan fingerprint density at radius 3 is 2.70 bits per heavy atom. The third-order valence-electron chi connectivity index (χ3n) is 3.14. The lowest BCUT2D eigenvalue weighted by atomic mass is 10.2. The van der Waals surface area contributed by atoms with E-state index in [2.05, 4.69) is 10.0 Å². The van der Waals surface area contributed by atoms with Gasteiger partial charge in [0.1, 0.15) is 10.6 Å². The van der Waals surface area contributed by atoms with Crippen molar-refractivity contribution >= 4 is 21.6 Å². The molecule has 7 nitrogen and oxygen atoms in total.